The van der Waals surface area contributed by atoms with E-state index in [1.165, 1.54) is 0 Å². The van der Waals surface area contributed by atoms with Crippen LogP contribution in [0.15, 0.2) is 46.0 Å². The third kappa shape index (κ3) is 6.97. The molecule has 2 heterocycles. The van der Waals surface area contributed by atoms with Crippen LogP contribution < -0.4 is 10.6 Å². The van der Waals surface area contributed by atoms with Crippen LogP contribution in [0, 0.1) is 5.92 Å². The Bertz CT molecular complexity index is 745. The number of nitrogens with one attached hydrogen (secondary N) is 2. The van der Waals surface area contributed by atoms with Gasteiger partial charge in [-0.25, -0.2) is 4.98 Å². The van der Waals surface area contributed by atoms with Crippen LogP contribution in [-0.4, -0.2) is 61.8 Å². The molecule has 0 spiro atoms. The summed E-state index contributed by atoms with van der Waals surface area (Å²) < 4.78 is 11.1. The molecule has 1 unspecified atom stereocenters. The normalized spacial score (nSPS) is 16.3. The molecule has 8 heteroatoms. The number of benzene rings is 1. The predicted molar refractivity (Wildman–Crippen MR) is 127 cm³/mol. The van der Waals surface area contributed by atoms with Gasteiger partial charge < -0.3 is 19.8 Å². The monoisotopic (exact) mass is 513 g/mol. The van der Waals surface area contributed by atoms with Crippen LogP contribution in [0.25, 0.3) is 11.5 Å². The molecule has 1 aromatic heterocycles. The number of aliphatic imine (C=N–C) groups is 1. The van der Waals surface area contributed by atoms with E-state index in [4.69, 9.17) is 9.15 Å². The van der Waals surface area contributed by atoms with Crippen LogP contribution in [0.1, 0.15) is 19.5 Å². The molecule has 1 saturated heterocycles. The number of oxazole rings is 1. The number of guanidine groups is 1. The first-order valence-electron chi connectivity index (χ1n) is 9.93. The Morgan fingerprint density at radius 3 is 2.55 bits per heavy atom. The molecule has 160 valence electrons. The fourth-order valence-corrected chi connectivity index (χ4v) is 3.39. The van der Waals surface area contributed by atoms with Crippen molar-refractivity contribution < 1.29 is 9.15 Å². The summed E-state index contributed by atoms with van der Waals surface area (Å²) in [6.07, 6.45) is 1.69. The number of rotatable bonds is 7. The summed E-state index contributed by atoms with van der Waals surface area (Å²) in [5.41, 5.74) is 1.82. The summed E-state index contributed by atoms with van der Waals surface area (Å²) >= 11 is 0. The molecule has 0 aliphatic carbocycles. The molecule has 1 aliphatic rings. The fraction of sp³-hybridized carbons (Fsp3) is 0.524. The number of morpholine rings is 1. The predicted octanol–water partition coefficient (Wildman–Crippen LogP) is 2.98. The standard InChI is InChI=1S/C21H31N5O2.HI/c1-16(2)19(26-9-11-27-12-10-26)14-24-21(22-3)23-13-18-15-28-20(25-18)17-7-5-4-6-8-17;/h4-8,15-16,19H,9-14H2,1-3H3,(H2,22,23,24);1H. The van der Waals surface area contributed by atoms with Crippen molar-refractivity contribution in [3.63, 3.8) is 0 Å². The lowest BCUT2D eigenvalue weighted by atomic mass is 10.0. The van der Waals surface area contributed by atoms with E-state index in [9.17, 15) is 0 Å². The number of hydrogen-bond donors (Lipinski definition) is 2. The third-order valence-electron chi connectivity index (χ3n) is 5.00. The molecule has 1 aliphatic heterocycles. The minimum absolute atomic E-state index is 0. The Hall–Kier alpha value is -1.65. The minimum atomic E-state index is 0. The lowest BCUT2D eigenvalue weighted by molar-refractivity contribution is 0.00752. The minimum Gasteiger partial charge on any atom is -0.444 e. The first-order chi connectivity index (χ1) is 13.7. The Morgan fingerprint density at radius 2 is 1.90 bits per heavy atom. The van der Waals surface area contributed by atoms with Crippen LogP contribution in [-0.2, 0) is 11.3 Å². The van der Waals surface area contributed by atoms with Crippen molar-refractivity contribution in [2.24, 2.45) is 10.9 Å². The molecule has 7 nitrogen and oxygen atoms in total. The van der Waals surface area contributed by atoms with Crippen molar-refractivity contribution in [2.45, 2.75) is 26.4 Å². The Morgan fingerprint density at radius 1 is 1.17 bits per heavy atom. The first kappa shape index (κ1) is 23.6. The number of hydrogen-bond acceptors (Lipinski definition) is 5. The number of nitrogens with zero attached hydrogens (tertiary/aromatic N) is 3. The molecular formula is C21H32IN5O2. The second kappa shape index (κ2) is 12.1. The number of aromatic nitrogens is 1. The van der Waals surface area contributed by atoms with Gasteiger partial charge in [0.05, 0.1) is 25.5 Å². The third-order valence-corrected chi connectivity index (χ3v) is 5.00. The van der Waals surface area contributed by atoms with E-state index in [0.29, 0.717) is 24.4 Å². The van der Waals surface area contributed by atoms with Gasteiger partial charge in [-0.3, -0.25) is 9.89 Å². The average molecular weight is 513 g/mol. The summed E-state index contributed by atoms with van der Waals surface area (Å²) in [6, 6.07) is 10.3. The molecule has 0 bridgehead atoms. The van der Waals surface area contributed by atoms with Gasteiger partial charge in [-0.2, -0.15) is 0 Å². The second-order valence-electron chi connectivity index (χ2n) is 7.28. The number of halogens is 1. The van der Waals surface area contributed by atoms with Crippen molar-refractivity contribution in [1.29, 1.82) is 0 Å². The molecular weight excluding hydrogens is 481 g/mol. The zero-order valence-electron chi connectivity index (χ0n) is 17.4. The van der Waals surface area contributed by atoms with Crippen LogP contribution in [0.2, 0.25) is 0 Å². The molecule has 1 aromatic carbocycles. The van der Waals surface area contributed by atoms with E-state index in [1.54, 1.807) is 13.3 Å². The highest BCUT2D eigenvalue weighted by atomic mass is 127. The molecule has 1 atom stereocenters. The molecule has 0 saturated carbocycles. The van der Waals surface area contributed by atoms with Crippen LogP contribution in [0.3, 0.4) is 0 Å². The Labute approximate surface area is 190 Å². The smallest absolute Gasteiger partial charge is 0.226 e. The van der Waals surface area contributed by atoms with Crippen molar-refractivity contribution in [3.05, 3.63) is 42.3 Å². The van der Waals surface area contributed by atoms with E-state index < -0.39 is 0 Å². The SMILES string of the molecule is CN=C(NCc1coc(-c2ccccc2)n1)NCC(C(C)C)N1CCOCC1.I. The molecule has 0 amide bonds. The molecule has 1 fully saturated rings. The topological polar surface area (TPSA) is 74.9 Å². The summed E-state index contributed by atoms with van der Waals surface area (Å²) in [5.74, 6) is 1.95. The van der Waals surface area contributed by atoms with Gasteiger partial charge in [-0.1, -0.05) is 32.0 Å². The average Bonchev–Trinajstić information content (AvgIpc) is 3.21. The summed E-state index contributed by atoms with van der Waals surface area (Å²) in [5, 5.41) is 6.78. The fourth-order valence-electron chi connectivity index (χ4n) is 3.39. The van der Waals surface area contributed by atoms with E-state index in [2.05, 4.69) is 39.4 Å². The zero-order chi connectivity index (χ0) is 19.8. The van der Waals surface area contributed by atoms with Gasteiger partial charge in [0.15, 0.2) is 5.96 Å². The van der Waals surface area contributed by atoms with Crippen molar-refractivity contribution in [3.8, 4) is 11.5 Å². The lowest BCUT2D eigenvalue weighted by Crippen LogP contribution is -2.52. The van der Waals surface area contributed by atoms with Gasteiger partial charge in [-0.15, -0.1) is 24.0 Å². The van der Waals surface area contributed by atoms with Crippen molar-refractivity contribution >= 4 is 29.9 Å². The van der Waals surface area contributed by atoms with E-state index in [1.807, 2.05) is 30.3 Å². The highest BCUT2D eigenvalue weighted by molar-refractivity contribution is 14.0. The number of ether oxygens (including phenoxy) is 1. The van der Waals surface area contributed by atoms with E-state index >= 15 is 0 Å². The molecule has 2 N–H and O–H groups in total. The van der Waals surface area contributed by atoms with Gasteiger partial charge >= 0.3 is 0 Å². The quantitative estimate of drug-likeness (QED) is 0.337. The van der Waals surface area contributed by atoms with Crippen LogP contribution >= 0.6 is 24.0 Å². The summed E-state index contributed by atoms with van der Waals surface area (Å²) in [7, 11) is 1.78. The van der Waals surface area contributed by atoms with Gasteiger partial charge in [-0.05, 0) is 18.1 Å². The Kier molecular flexibility index (Phi) is 9.89. The molecule has 3 rings (SSSR count). The maximum Gasteiger partial charge on any atom is 0.226 e. The Balaban J connectivity index is 0.00000300. The van der Waals surface area contributed by atoms with Gasteiger partial charge in [0.25, 0.3) is 0 Å². The van der Waals surface area contributed by atoms with Gasteiger partial charge in [0, 0.05) is 38.3 Å². The highest BCUT2D eigenvalue weighted by Gasteiger charge is 2.23. The first-order valence-corrected chi connectivity index (χ1v) is 9.93. The van der Waals surface area contributed by atoms with Crippen molar-refractivity contribution in [2.75, 3.05) is 39.9 Å². The lowest BCUT2D eigenvalue weighted by Gasteiger charge is -2.37. The summed E-state index contributed by atoms with van der Waals surface area (Å²) in [4.78, 5) is 11.4. The zero-order valence-corrected chi connectivity index (χ0v) is 19.8. The van der Waals surface area contributed by atoms with Crippen LogP contribution in [0.5, 0.6) is 0 Å². The molecule has 29 heavy (non-hydrogen) atoms. The molecule has 2 aromatic rings. The highest BCUT2D eigenvalue weighted by Crippen LogP contribution is 2.17. The maximum atomic E-state index is 5.60. The maximum absolute atomic E-state index is 5.60. The van der Waals surface area contributed by atoms with Gasteiger partial charge in [0.1, 0.15) is 6.26 Å². The largest absolute Gasteiger partial charge is 0.444 e. The molecule has 0 radical (unpaired) electrons. The second-order valence-corrected chi connectivity index (χ2v) is 7.28. The van der Waals surface area contributed by atoms with Crippen LogP contribution in [0.4, 0.5) is 0 Å². The van der Waals surface area contributed by atoms with Crippen molar-refractivity contribution in [1.82, 2.24) is 20.5 Å². The van der Waals surface area contributed by atoms with Gasteiger partial charge in [0.2, 0.25) is 5.89 Å². The van der Waals surface area contributed by atoms with E-state index in [-0.39, 0.29) is 24.0 Å². The van der Waals surface area contributed by atoms with E-state index in [0.717, 1.165) is 50.1 Å². The summed E-state index contributed by atoms with van der Waals surface area (Å²) in [6.45, 7) is 9.51.